The Kier molecular flexibility index (Phi) is 3.39. The summed E-state index contributed by atoms with van der Waals surface area (Å²) >= 11 is 1.59. The van der Waals surface area contributed by atoms with E-state index in [0.29, 0.717) is 11.8 Å². The third-order valence-corrected chi connectivity index (χ3v) is 3.71. The van der Waals surface area contributed by atoms with Crippen molar-refractivity contribution in [3.63, 3.8) is 0 Å². The monoisotopic (exact) mass is 236 g/mol. The molecular formula is C12H16N2OS. The van der Waals surface area contributed by atoms with Crippen LogP contribution >= 0.6 is 11.8 Å². The number of benzene rings is 1. The Hall–Kier alpha value is -1.16. The summed E-state index contributed by atoms with van der Waals surface area (Å²) in [5, 5.41) is 6.29. The predicted octanol–water partition coefficient (Wildman–Crippen LogP) is 2.94. The van der Waals surface area contributed by atoms with Gasteiger partial charge in [-0.25, -0.2) is 0 Å². The van der Waals surface area contributed by atoms with Crippen LogP contribution in [0.25, 0.3) is 0 Å². The van der Waals surface area contributed by atoms with Crippen LogP contribution in [0.1, 0.15) is 20.3 Å². The largest absolute Gasteiger partial charge is 0.383 e. The van der Waals surface area contributed by atoms with Gasteiger partial charge in [0.25, 0.3) is 0 Å². The maximum atomic E-state index is 11.3. The average Bonchev–Trinajstić information content (AvgIpc) is 2.28. The lowest BCUT2D eigenvalue weighted by Crippen LogP contribution is -2.19. The first kappa shape index (κ1) is 11.3. The molecule has 2 N–H and O–H groups in total. The third kappa shape index (κ3) is 2.50. The summed E-state index contributed by atoms with van der Waals surface area (Å²) in [6.45, 7) is 4.29. The molecule has 0 aromatic heterocycles. The van der Waals surface area contributed by atoms with Crippen LogP contribution in [-0.4, -0.2) is 17.7 Å². The van der Waals surface area contributed by atoms with Gasteiger partial charge in [-0.1, -0.05) is 6.92 Å². The number of carbonyl (C=O) groups excluding carboxylic acids is 1. The number of fused-ring (bicyclic) bond motifs is 1. The Balaban J connectivity index is 2.18. The molecule has 1 aliphatic heterocycles. The highest BCUT2D eigenvalue weighted by Gasteiger charge is 2.15. The number of rotatable bonds is 3. The van der Waals surface area contributed by atoms with Gasteiger partial charge >= 0.3 is 0 Å². The molecule has 1 amide bonds. The zero-order valence-corrected chi connectivity index (χ0v) is 10.4. The first-order valence-corrected chi connectivity index (χ1v) is 6.51. The van der Waals surface area contributed by atoms with Crippen LogP contribution in [0.3, 0.4) is 0 Å². The summed E-state index contributed by atoms with van der Waals surface area (Å²) in [6, 6.07) is 6.58. The standard InChI is InChI=1S/C12H16N2OS/c1-3-8(2)13-9-4-5-11-10(6-9)14-12(15)7-16-11/h4-6,8,13H,3,7H2,1-2H3,(H,14,15). The highest BCUT2D eigenvalue weighted by molar-refractivity contribution is 8.00. The van der Waals surface area contributed by atoms with E-state index in [9.17, 15) is 4.79 Å². The quantitative estimate of drug-likeness (QED) is 0.847. The van der Waals surface area contributed by atoms with Crippen molar-refractivity contribution in [3.05, 3.63) is 18.2 Å². The molecule has 0 aliphatic carbocycles. The topological polar surface area (TPSA) is 41.1 Å². The van der Waals surface area contributed by atoms with Crippen molar-refractivity contribution in [1.82, 2.24) is 0 Å². The Bertz CT molecular complexity index is 406. The van der Waals surface area contributed by atoms with E-state index in [1.807, 2.05) is 6.07 Å². The molecule has 1 unspecified atom stereocenters. The van der Waals surface area contributed by atoms with Gasteiger partial charge in [0.1, 0.15) is 0 Å². The van der Waals surface area contributed by atoms with Crippen LogP contribution in [0.15, 0.2) is 23.1 Å². The lowest BCUT2D eigenvalue weighted by molar-refractivity contribution is -0.113. The van der Waals surface area contributed by atoms with Gasteiger partial charge in [-0.15, -0.1) is 11.8 Å². The maximum absolute atomic E-state index is 11.3. The number of nitrogens with one attached hydrogen (secondary N) is 2. The molecule has 0 bridgehead atoms. The number of anilines is 2. The van der Waals surface area contributed by atoms with Crippen molar-refractivity contribution in [3.8, 4) is 0 Å². The van der Waals surface area contributed by atoms with E-state index in [4.69, 9.17) is 0 Å². The van der Waals surface area contributed by atoms with Gasteiger partial charge in [-0.2, -0.15) is 0 Å². The molecule has 4 heteroatoms. The molecule has 3 nitrogen and oxygen atoms in total. The number of thioether (sulfide) groups is 1. The Morgan fingerprint density at radius 2 is 2.38 bits per heavy atom. The first-order valence-electron chi connectivity index (χ1n) is 5.52. The molecule has 2 rings (SSSR count). The van der Waals surface area contributed by atoms with Crippen molar-refractivity contribution in [1.29, 1.82) is 0 Å². The molecule has 1 aliphatic rings. The number of hydrogen-bond donors (Lipinski definition) is 2. The van der Waals surface area contributed by atoms with Crippen LogP contribution < -0.4 is 10.6 Å². The fourth-order valence-corrected chi connectivity index (χ4v) is 2.35. The van der Waals surface area contributed by atoms with E-state index in [0.717, 1.165) is 22.7 Å². The predicted molar refractivity (Wildman–Crippen MR) is 69.2 cm³/mol. The second-order valence-electron chi connectivity index (χ2n) is 4.00. The van der Waals surface area contributed by atoms with Gasteiger partial charge in [0.15, 0.2) is 0 Å². The van der Waals surface area contributed by atoms with Crippen LogP contribution in [0.2, 0.25) is 0 Å². The fourth-order valence-electron chi connectivity index (χ4n) is 1.56. The van der Waals surface area contributed by atoms with E-state index in [1.165, 1.54) is 0 Å². The molecule has 0 radical (unpaired) electrons. The summed E-state index contributed by atoms with van der Waals surface area (Å²) in [6.07, 6.45) is 1.08. The van der Waals surface area contributed by atoms with Gasteiger partial charge in [-0.3, -0.25) is 4.79 Å². The van der Waals surface area contributed by atoms with Crippen molar-refractivity contribution in [2.24, 2.45) is 0 Å². The van der Waals surface area contributed by atoms with Gasteiger partial charge < -0.3 is 10.6 Å². The normalized spacial score (nSPS) is 16.2. The van der Waals surface area contributed by atoms with Crippen molar-refractivity contribution in [2.45, 2.75) is 31.2 Å². The molecule has 16 heavy (non-hydrogen) atoms. The summed E-state index contributed by atoms with van der Waals surface area (Å²) in [7, 11) is 0. The third-order valence-electron chi connectivity index (χ3n) is 2.64. The van der Waals surface area contributed by atoms with E-state index in [2.05, 4.69) is 36.6 Å². The second kappa shape index (κ2) is 4.78. The lowest BCUT2D eigenvalue weighted by Gasteiger charge is -2.19. The van der Waals surface area contributed by atoms with Crippen LogP contribution in [-0.2, 0) is 4.79 Å². The molecular weight excluding hydrogens is 220 g/mol. The molecule has 0 saturated heterocycles. The van der Waals surface area contributed by atoms with Crippen molar-refractivity contribution >= 4 is 29.0 Å². The van der Waals surface area contributed by atoms with E-state index in [1.54, 1.807) is 11.8 Å². The molecule has 1 heterocycles. The summed E-state index contributed by atoms with van der Waals surface area (Å²) < 4.78 is 0. The highest BCUT2D eigenvalue weighted by Crippen LogP contribution is 2.33. The zero-order chi connectivity index (χ0) is 11.5. The van der Waals surface area contributed by atoms with Crippen LogP contribution in [0.5, 0.6) is 0 Å². The van der Waals surface area contributed by atoms with E-state index in [-0.39, 0.29) is 5.91 Å². The minimum absolute atomic E-state index is 0.0817. The Labute approximate surface area is 100.0 Å². The SMILES string of the molecule is CCC(C)Nc1ccc2c(c1)NC(=O)CS2. The summed E-state index contributed by atoms with van der Waals surface area (Å²) in [5.41, 5.74) is 1.99. The lowest BCUT2D eigenvalue weighted by atomic mass is 10.2. The molecule has 1 aromatic carbocycles. The number of hydrogen-bond acceptors (Lipinski definition) is 3. The first-order chi connectivity index (χ1) is 7.69. The Morgan fingerprint density at radius 1 is 1.56 bits per heavy atom. The minimum atomic E-state index is 0.0817. The van der Waals surface area contributed by atoms with E-state index >= 15 is 0 Å². The van der Waals surface area contributed by atoms with Crippen molar-refractivity contribution < 1.29 is 4.79 Å². The zero-order valence-electron chi connectivity index (χ0n) is 9.54. The Morgan fingerprint density at radius 3 is 3.12 bits per heavy atom. The highest BCUT2D eigenvalue weighted by atomic mass is 32.2. The molecule has 0 fully saturated rings. The molecule has 0 saturated carbocycles. The molecule has 1 aromatic rings. The van der Waals surface area contributed by atoms with Crippen LogP contribution in [0.4, 0.5) is 11.4 Å². The number of amides is 1. The molecule has 86 valence electrons. The summed E-state index contributed by atoms with van der Waals surface area (Å²) in [4.78, 5) is 12.4. The molecule has 0 spiro atoms. The minimum Gasteiger partial charge on any atom is -0.383 e. The van der Waals surface area contributed by atoms with Crippen molar-refractivity contribution in [2.75, 3.05) is 16.4 Å². The van der Waals surface area contributed by atoms with Gasteiger partial charge in [0, 0.05) is 16.6 Å². The average molecular weight is 236 g/mol. The second-order valence-corrected chi connectivity index (χ2v) is 5.02. The number of carbonyl (C=O) groups is 1. The summed E-state index contributed by atoms with van der Waals surface area (Å²) in [5.74, 6) is 0.601. The smallest absolute Gasteiger partial charge is 0.234 e. The molecule has 1 atom stereocenters. The van der Waals surface area contributed by atoms with Gasteiger partial charge in [-0.05, 0) is 31.5 Å². The van der Waals surface area contributed by atoms with Crippen LogP contribution in [0, 0.1) is 0 Å². The van der Waals surface area contributed by atoms with Gasteiger partial charge in [0.05, 0.1) is 11.4 Å². The fraction of sp³-hybridized carbons (Fsp3) is 0.417. The maximum Gasteiger partial charge on any atom is 0.234 e. The van der Waals surface area contributed by atoms with Gasteiger partial charge in [0.2, 0.25) is 5.91 Å². The van der Waals surface area contributed by atoms with E-state index < -0.39 is 0 Å².